The summed E-state index contributed by atoms with van der Waals surface area (Å²) in [6.07, 6.45) is 0. The molecule has 0 aliphatic rings. The lowest BCUT2D eigenvalue weighted by Crippen LogP contribution is -2.17. The van der Waals surface area contributed by atoms with E-state index in [-0.39, 0.29) is 11.0 Å². The second-order valence-electron chi connectivity index (χ2n) is 3.87. The van der Waals surface area contributed by atoms with Crippen molar-refractivity contribution in [2.24, 2.45) is 0 Å². The van der Waals surface area contributed by atoms with E-state index in [2.05, 4.69) is 4.98 Å². The van der Waals surface area contributed by atoms with Gasteiger partial charge in [0.1, 0.15) is 0 Å². The Bertz CT molecular complexity index is 333. The van der Waals surface area contributed by atoms with Crippen molar-refractivity contribution in [3.05, 3.63) is 28.1 Å². The summed E-state index contributed by atoms with van der Waals surface area (Å²) in [4.78, 5) is 15.1. The number of aromatic nitrogens is 1. The van der Waals surface area contributed by atoms with Crippen LogP contribution >= 0.6 is 0 Å². The maximum absolute atomic E-state index is 11.0. The molecule has 1 aromatic heterocycles. The third kappa shape index (κ3) is 1.94. The van der Waals surface area contributed by atoms with Gasteiger partial charge < -0.3 is 4.42 Å². The molecular weight excluding hydrogens is 154 g/mol. The summed E-state index contributed by atoms with van der Waals surface area (Å²) in [6.45, 7) is 7.65. The standard InChI is InChI=1S/C9H13NO2/c1-6-5-7(11)12-8(10-6)9(2,3)4/h5H,1-4H3. The molecule has 12 heavy (non-hydrogen) atoms. The van der Waals surface area contributed by atoms with Crippen LogP contribution in [0.2, 0.25) is 0 Å². The highest BCUT2D eigenvalue weighted by Gasteiger charge is 2.19. The van der Waals surface area contributed by atoms with E-state index < -0.39 is 0 Å². The molecule has 3 nitrogen and oxygen atoms in total. The van der Waals surface area contributed by atoms with Gasteiger partial charge in [-0.05, 0) is 6.92 Å². The zero-order chi connectivity index (χ0) is 9.35. The van der Waals surface area contributed by atoms with E-state index in [9.17, 15) is 4.79 Å². The lowest BCUT2D eigenvalue weighted by molar-refractivity contribution is 0.351. The number of aryl methyl sites for hydroxylation is 1. The number of hydrogen-bond acceptors (Lipinski definition) is 3. The van der Waals surface area contributed by atoms with Crippen LogP contribution in [-0.4, -0.2) is 4.98 Å². The molecule has 0 bridgehead atoms. The lowest BCUT2D eigenvalue weighted by Gasteiger charge is -2.14. The smallest absolute Gasteiger partial charge is 0.339 e. The summed E-state index contributed by atoms with van der Waals surface area (Å²) in [7, 11) is 0. The average Bonchev–Trinajstić information content (AvgIpc) is 1.82. The zero-order valence-corrected chi connectivity index (χ0v) is 7.84. The topological polar surface area (TPSA) is 43.1 Å². The van der Waals surface area contributed by atoms with Crippen molar-refractivity contribution in [1.82, 2.24) is 4.98 Å². The minimum absolute atomic E-state index is 0.203. The van der Waals surface area contributed by atoms with Crippen molar-refractivity contribution in [2.75, 3.05) is 0 Å². The van der Waals surface area contributed by atoms with E-state index >= 15 is 0 Å². The predicted molar refractivity (Wildman–Crippen MR) is 46.2 cm³/mol. The molecule has 0 saturated carbocycles. The van der Waals surface area contributed by atoms with Gasteiger partial charge in [0.05, 0.1) is 0 Å². The first-order valence-electron chi connectivity index (χ1n) is 3.89. The Hall–Kier alpha value is -1.12. The van der Waals surface area contributed by atoms with Gasteiger partial charge in [0.25, 0.3) is 0 Å². The molecule has 0 unspecified atom stereocenters. The maximum Gasteiger partial charge on any atom is 0.339 e. The van der Waals surface area contributed by atoms with Crippen LogP contribution in [0.4, 0.5) is 0 Å². The summed E-state index contributed by atoms with van der Waals surface area (Å²) in [5.74, 6) is 0.493. The summed E-state index contributed by atoms with van der Waals surface area (Å²) in [6, 6.07) is 1.38. The minimum Gasteiger partial charge on any atom is -0.408 e. The third-order valence-corrected chi connectivity index (χ3v) is 1.44. The number of hydrogen-bond donors (Lipinski definition) is 0. The van der Waals surface area contributed by atoms with Crippen LogP contribution in [-0.2, 0) is 5.41 Å². The molecule has 1 aromatic rings. The van der Waals surface area contributed by atoms with Crippen LogP contribution in [0.15, 0.2) is 15.3 Å². The normalized spacial score (nSPS) is 11.7. The van der Waals surface area contributed by atoms with Gasteiger partial charge in [0.2, 0.25) is 5.89 Å². The molecule has 0 aromatic carbocycles. The second kappa shape index (κ2) is 2.73. The molecule has 0 amide bonds. The highest BCUT2D eigenvalue weighted by molar-refractivity contribution is 5.02. The Balaban J connectivity index is 3.27. The van der Waals surface area contributed by atoms with Gasteiger partial charge in [-0.15, -0.1) is 0 Å². The Morgan fingerprint density at radius 2 is 2.00 bits per heavy atom. The van der Waals surface area contributed by atoms with Gasteiger partial charge >= 0.3 is 5.63 Å². The molecule has 0 radical (unpaired) electrons. The summed E-state index contributed by atoms with van der Waals surface area (Å²) >= 11 is 0. The number of nitrogens with zero attached hydrogens (tertiary/aromatic N) is 1. The fourth-order valence-corrected chi connectivity index (χ4v) is 0.831. The summed E-state index contributed by atoms with van der Waals surface area (Å²) < 4.78 is 4.96. The Kier molecular flexibility index (Phi) is 2.04. The maximum atomic E-state index is 11.0. The van der Waals surface area contributed by atoms with Crippen molar-refractivity contribution >= 4 is 0 Å². The molecule has 0 aliphatic carbocycles. The molecule has 0 saturated heterocycles. The molecule has 0 spiro atoms. The average molecular weight is 167 g/mol. The van der Waals surface area contributed by atoms with E-state index in [4.69, 9.17) is 4.42 Å². The summed E-state index contributed by atoms with van der Waals surface area (Å²) in [5.41, 5.74) is 0.175. The van der Waals surface area contributed by atoms with E-state index in [0.717, 1.165) is 0 Å². The van der Waals surface area contributed by atoms with E-state index in [1.807, 2.05) is 20.8 Å². The molecule has 66 valence electrons. The minimum atomic E-state index is -0.326. The van der Waals surface area contributed by atoms with Crippen molar-refractivity contribution in [3.63, 3.8) is 0 Å². The molecule has 1 rings (SSSR count). The van der Waals surface area contributed by atoms with Gasteiger partial charge in [0, 0.05) is 17.2 Å². The van der Waals surface area contributed by atoms with Gasteiger partial charge in [-0.25, -0.2) is 9.78 Å². The van der Waals surface area contributed by atoms with Crippen LogP contribution in [0.5, 0.6) is 0 Å². The molecule has 0 fully saturated rings. The van der Waals surface area contributed by atoms with Crippen molar-refractivity contribution in [2.45, 2.75) is 33.1 Å². The van der Waals surface area contributed by atoms with E-state index in [1.165, 1.54) is 6.07 Å². The summed E-state index contributed by atoms with van der Waals surface area (Å²) in [5, 5.41) is 0. The Morgan fingerprint density at radius 3 is 2.42 bits per heavy atom. The molecule has 0 N–H and O–H groups in total. The lowest BCUT2D eigenvalue weighted by atomic mass is 9.97. The quantitative estimate of drug-likeness (QED) is 0.590. The van der Waals surface area contributed by atoms with Gasteiger partial charge in [0.15, 0.2) is 0 Å². The number of rotatable bonds is 0. The van der Waals surface area contributed by atoms with Crippen molar-refractivity contribution in [3.8, 4) is 0 Å². The van der Waals surface area contributed by atoms with Crippen molar-refractivity contribution < 1.29 is 4.42 Å². The van der Waals surface area contributed by atoms with E-state index in [1.54, 1.807) is 6.92 Å². The Labute approximate surface area is 71.4 Å². The van der Waals surface area contributed by atoms with Crippen molar-refractivity contribution in [1.29, 1.82) is 0 Å². The van der Waals surface area contributed by atoms with Crippen LogP contribution < -0.4 is 5.63 Å². The zero-order valence-electron chi connectivity index (χ0n) is 7.84. The Morgan fingerprint density at radius 1 is 1.42 bits per heavy atom. The predicted octanol–water partition coefficient (Wildman–Crippen LogP) is 1.64. The van der Waals surface area contributed by atoms with Crippen LogP contribution in [0.1, 0.15) is 32.4 Å². The van der Waals surface area contributed by atoms with E-state index in [0.29, 0.717) is 11.6 Å². The molecule has 1 heterocycles. The largest absolute Gasteiger partial charge is 0.408 e. The highest BCUT2D eigenvalue weighted by Crippen LogP contribution is 2.18. The fourth-order valence-electron chi connectivity index (χ4n) is 0.831. The van der Waals surface area contributed by atoms with Crippen LogP contribution in [0, 0.1) is 6.92 Å². The molecule has 3 heteroatoms. The second-order valence-corrected chi connectivity index (χ2v) is 3.87. The first-order valence-corrected chi connectivity index (χ1v) is 3.89. The SMILES string of the molecule is Cc1cc(=O)oc(C(C)(C)C)n1. The first-order chi connectivity index (χ1) is 5.39. The third-order valence-electron chi connectivity index (χ3n) is 1.44. The highest BCUT2D eigenvalue weighted by atomic mass is 16.4. The molecular formula is C9H13NO2. The van der Waals surface area contributed by atoms with Gasteiger partial charge in [-0.1, -0.05) is 20.8 Å². The fraction of sp³-hybridized carbons (Fsp3) is 0.556. The van der Waals surface area contributed by atoms with Gasteiger partial charge in [-0.3, -0.25) is 0 Å². The van der Waals surface area contributed by atoms with Gasteiger partial charge in [-0.2, -0.15) is 0 Å². The van der Waals surface area contributed by atoms with Crippen LogP contribution in [0.3, 0.4) is 0 Å². The monoisotopic (exact) mass is 167 g/mol. The molecule has 0 aliphatic heterocycles. The van der Waals surface area contributed by atoms with Crippen LogP contribution in [0.25, 0.3) is 0 Å². The first kappa shape index (κ1) is 8.97. The molecule has 0 atom stereocenters.